The zero-order valence-corrected chi connectivity index (χ0v) is 12.7. The van der Waals surface area contributed by atoms with Crippen molar-refractivity contribution in [3.8, 4) is 0 Å². The molecule has 0 bridgehead atoms. The highest BCUT2D eigenvalue weighted by Gasteiger charge is 2.06. The van der Waals surface area contributed by atoms with Crippen LogP contribution in [0.4, 0.5) is 20.6 Å². The Labute approximate surface area is 129 Å². The number of ketones is 1. The van der Waals surface area contributed by atoms with E-state index in [1.54, 1.807) is 30.3 Å². The van der Waals surface area contributed by atoms with Gasteiger partial charge in [0.1, 0.15) is 5.82 Å². The van der Waals surface area contributed by atoms with Crippen LogP contribution in [0.1, 0.15) is 17.3 Å². The molecule has 4 nitrogen and oxygen atoms in total. The Morgan fingerprint density at radius 3 is 2.33 bits per heavy atom. The first-order chi connectivity index (χ1) is 9.95. The summed E-state index contributed by atoms with van der Waals surface area (Å²) in [5.74, 6) is -0.555. The average molecular weight is 351 g/mol. The lowest BCUT2D eigenvalue weighted by molar-refractivity contribution is 0.101. The third-order valence-corrected chi connectivity index (χ3v) is 3.35. The molecule has 0 aliphatic carbocycles. The van der Waals surface area contributed by atoms with Gasteiger partial charge in [0, 0.05) is 16.9 Å². The second-order valence-corrected chi connectivity index (χ2v) is 5.20. The Morgan fingerprint density at radius 1 is 1.05 bits per heavy atom. The van der Waals surface area contributed by atoms with Crippen molar-refractivity contribution >= 4 is 39.1 Å². The Bertz CT molecular complexity index is 704. The van der Waals surface area contributed by atoms with Gasteiger partial charge in [-0.1, -0.05) is 12.1 Å². The molecule has 0 aromatic heterocycles. The summed E-state index contributed by atoms with van der Waals surface area (Å²) in [6.45, 7) is 1.45. The Kier molecular flexibility index (Phi) is 4.70. The number of nitrogens with one attached hydrogen (secondary N) is 2. The molecular weight excluding hydrogens is 339 g/mol. The van der Waals surface area contributed by atoms with Crippen molar-refractivity contribution in [1.82, 2.24) is 0 Å². The third kappa shape index (κ3) is 4.13. The van der Waals surface area contributed by atoms with Gasteiger partial charge in [0.2, 0.25) is 0 Å². The van der Waals surface area contributed by atoms with Crippen LogP contribution in [0, 0.1) is 5.82 Å². The fourth-order valence-corrected chi connectivity index (χ4v) is 1.93. The number of hydrogen-bond donors (Lipinski definition) is 2. The maximum Gasteiger partial charge on any atom is 0.323 e. The molecule has 2 aromatic rings. The molecule has 2 N–H and O–H groups in total. The Morgan fingerprint density at radius 2 is 1.71 bits per heavy atom. The summed E-state index contributed by atoms with van der Waals surface area (Å²) in [6.07, 6.45) is 0. The lowest BCUT2D eigenvalue weighted by atomic mass is 10.1. The third-order valence-electron chi connectivity index (χ3n) is 2.70. The van der Waals surface area contributed by atoms with Crippen LogP contribution in [0.15, 0.2) is 46.9 Å². The molecule has 21 heavy (non-hydrogen) atoms. The minimum Gasteiger partial charge on any atom is -0.308 e. The molecule has 0 saturated heterocycles. The smallest absolute Gasteiger partial charge is 0.308 e. The number of Topliss-reactive ketones (excluding diaryl/α,β-unsaturated/α-hetero) is 1. The molecule has 0 radical (unpaired) electrons. The maximum absolute atomic E-state index is 13.3. The zero-order valence-electron chi connectivity index (χ0n) is 11.1. The maximum atomic E-state index is 13.3. The lowest BCUT2D eigenvalue weighted by Crippen LogP contribution is -2.19. The summed E-state index contributed by atoms with van der Waals surface area (Å²) in [5.41, 5.74) is 1.32. The van der Waals surface area contributed by atoms with E-state index in [9.17, 15) is 14.0 Å². The van der Waals surface area contributed by atoms with Crippen molar-refractivity contribution in [3.63, 3.8) is 0 Å². The second kappa shape index (κ2) is 6.49. The van der Waals surface area contributed by atoms with E-state index >= 15 is 0 Å². The molecule has 108 valence electrons. The fourth-order valence-electron chi connectivity index (χ4n) is 1.68. The summed E-state index contributed by atoms with van der Waals surface area (Å²) in [7, 11) is 0. The number of carbonyl (C=O) groups is 2. The largest absolute Gasteiger partial charge is 0.323 e. The molecular formula is C15H12BrFN2O2. The van der Waals surface area contributed by atoms with E-state index in [0.29, 0.717) is 21.4 Å². The molecule has 2 amide bonds. The van der Waals surface area contributed by atoms with Gasteiger partial charge in [0.05, 0.1) is 4.47 Å². The van der Waals surface area contributed by atoms with E-state index in [1.165, 1.54) is 19.1 Å². The summed E-state index contributed by atoms with van der Waals surface area (Å²) >= 11 is 3.04. The van der Waals surface area contributed by atoms with Crippen molar-refractivity contribution in [2.45, 2.75) is 6.92 Å². The molecule has 0 spiro atoms. The normalized spacial score (nSPS) is 10.0. The Hall–Kier alpha value is -2.21. The number of rotatable bonds is 3. The standard InChI is InChI=1S/C15H12BrFN2O2/c1-9(20)10-3-2-4-11(7-10)18-15(21)19-12-5-6-13(16)14(17)8-12/h2-8H,1H3,(H2,18,19,21). The van der Waals surface area contributed by atoms with Crippen LogP contribution in [-0.2, 0) is 0 Å². The van der Waals surface area contributed by atoms with Crippen LogP contribution >= 0.6 is 15.9 Å². The molecule has 0 fully saturated rings. The Balaban J connectivity index is 2.06. The number of hydrogen-bond acceptors (Lipinski definition) is 2. The van der Waals surface area contributed by atoms with E-state index in [-0.39, 0.29) is 5.78 Å². The van der Waals surface area contributed by atoms with Gasteiger partial charge in [0.25, 0.3) is 0 Å². The minimum absolute atomic E-state index is 0.0889. The van der Waals surface area contributed by atoms with Crippen molar-refractivity contribution < 1.29 is 14.0 Å². The summed E-state index contributed by atoms with van der Waals surface area (Å²) in [4.78, 5) is 23.1. The van der Waals surface area contributed by atoms with Crippen LogP contribution in [0.5, 0.6) is 0 Å². The minimum atomic E-state index is -0.516. The number of anilines is 2. The lowest BCUT2D eigenvalue weighted by Gasteiger charge is -2.09. The monoisotopic (exact) mass is 350 g/mol. The van der Waals surface area contributed by atoms with Crippen LogP contribution in [0.3, 0.4) is 0 Å². The van der Waals surface area contributed by atoms with E-state index < -0.39 is 11.8 Å². The molecule has 0 aliphatic heterocycles. The van der Waals surface area contributed by atoms with Gasteiger partial charge in [-0.05, 0) is 53.2 Å². The van der Waals surface area contributed by atoms with Crippen LogP contribution in [0.25, 0.3) is 0 Å². The van der Waals surface area contributed by atoms with E-state index in [4.69, 9.17) is 0 Å². The van der Waals surface area contributed by atoms with Gasteiger partial charge >= 0.3 is 6.03 Å². The number of carbonyl (C=O) groups excluding carboxylic acids is 2. The second-order valence-electron chi connectivity index (χ2n) is 4.35. The van der Waals surface area contributed by atoms with Crippen LogP contribution < -0.4 is 10.6 Å². The topological polar surface area (TPSA) is 58.2 Å². The predicted octanol–water partition coefficient (Wildman–Crippen LogP) is 4.43. The van der Waals surface area contributed by atoms with E-state index in [0.717, 1.165) is 0 Å². The molecule has 2 rings (SSSR count). The van der Waals surface area contributed by atoms with Gasteiger partial charge in [-0.3, -0.25) is 4.79 Å². The highest BCUT2D eigenvalue weighted by molar-refractivity contribution is 9.10. The van der Waals surface area contributed by atoms with Crippen molar-refractivity contribution in [2.75, 3.05) is 10.6 Å². The summed E-state index contributed by atoms with van der Waals surface area (Å²) in [6, 6.07) is 10.3. The number of benzene rings is 2. The number of amides is 2. The van der Waals surface area contributed by atoms with Gasteiger partial charge in [-0.25, -0.2) is 9.18 Å². The molecule has 6 heteroatoms. The molecule has 0 saturated carbocycles. The fraction of sp³-hybridized carbons (Fsp3) is 0.0667. The summed E-state index contributed by atoms with van der Waals surface area (Å²) < 4.78 is 13.7. The van der Waals surface area contributed by atoms with Crippen LogP contribution in [-0.4, -0.2) is 11.8 Å². The molecule has 2 aromatic carbocycles. The van der Waals surface area contributed by atoms with Gasteiger partial charge in [-0.15, -0.1) is 0 Å². The van der Waals surface area contributed by atoms with E-state index in [2.05, 4.69) is 26.6 Å². The molecule has 0 atom stereocenters. The first-order valence-electron chi connectivity index (χ1n) is 6.10. The quantitative estimate of drug-likeness (QED) is 0.804. The van der Waals surface area contributed by atoms with Gasteiger partial charge in [-0.2, -0.15) is 0 Å². The number of halogens is 2. The molecule has 0 heterocycles. The molecule has 0 aliphatic rings. The van der Waals surface area contributed by atoms with E-state index in [1.807, 2.05) is 0 Å². The van der Waals surface area contributed by atoms with Crippen LogP contribution in [0.2, 0.25) is 0 Å². The highest BCUT2D eigenvalue weighted by Crippen LogP contribution is 2.19. The molecule has 0 unspecified atom stereocenters. The highest BCUT2D eigenvalue weighted by atomic mass is 79.9. The van der Waals surface area contributed by atoms with Gasteiger partial charge in [0.15, 0.2) is 5.78 Å². The number of urea groups is 1. The SMILES string of the molecule is CC(=O)c1cccc(NC(=O)Nc2ccc(Br)c(F)c2)c1. The van der Waals surface area contributed by atoms with Crippen molar-refractivity contribution in [3.05, 3.63) is 58.3 Å². The van der Waals surface area contributed by atoms with Crippen molar-refractivity contribution in [1.29, 1.82) is 0 Å². The summed E-state index contributed by atoms with van der Waals surface area (Å²) in [5, 5.41) is 5.09. The van der Waals surface area contributed by atoms with Gasteiger partial charge < -0.3 is 10.6 Å². The average Bonchev–Trinajstić information content (AvgIpc) is 2.43. The first kappa shape index (κ1) is 15.2. The predicted molar refractivity (Wildman–Crippen MR) is 83.2 cm³/mol. The van der Waals surface area contributed by atoms with Crippen molar-refractivity contribution in [2.24, 2.45) is 0 Å². The zero-order chi connectivity index (χ0) is 15.4. The first-order valence-corrected chi connectivity index (χ1v) is 6.89.